The van der Waals surface area contributed by atoms with Crippen LogP contribution in [-0.4, -0.2) is 16.2 Å². The molecule has 1 heterocycles. The molecule has 0 aliphatic carbocycles. The van der Waals surface area contributed by atoms with E-state index in [0.717, 1.165) is 10.2 Å². The molecule has 0 aliphatic rings. The molecule has 0 bridgehead atoms. The number of benzene rings is 1. The van der Waals surface area contributed by atoms with E-state index in [4.69, 9.17) is 17.3 Å². The molecule has 0 atom stereocenters. The summed E-state index contributed by atoms with van der Waals surface area (Å²) >= 11 is 10.8. The number of nitrogens with zero attached hydrogens (tertiary/aromatic N) is 2. The fraction of sp³-hybridized carbons (Fsp3) is 0.0909. The number of nitrogens with two attached hydrogens (primary N) is 1. The van der Waals surface area contributed by atoms with Gasteiger partial charge in [0.15, 0.2) is 5.16 Å². The van der Waals surface area contributed by atoms with E-state index in [2.05, 4.69) is 31.2 Å². The van der Waals surface area contributed by atoms with Crippen LogP contribution in [0.15, 0.2) is 33.9 Å². The number of aromatic nitrogens is 2. The summed E-state index contributed by atoms with van der Waals surface area (Å²) in [6.07, 6.45) is 1.90. The van der Waals surface area contributed by atoms with Gasteiger partial charge in [-0.25, -0.2) is 9.97 Å². The van der Waals surface area contributed by atoms with Crippen molar-refractivity contribution in [1.29, 1.82) is 0 Å². The minimum absolute atomic E-state index is 0.432. The fourth-order valence-electron chi connectivity index (χ4n) is 1.33. The SMILES string of the molecule is CSc1nc(N)cc(Nc2ccc(Cl)cc2Br)n1. The molecule has 1 aromatic heterocycles. The summed E-state index contributed by atoms with van der Waals surface area (Å²) in [5, 5.41) is 4.46. The van der Waals surface area contributed by atoms with Crippen LogP contribution in [0.4, 0.5) is 17.3 Å². The van der Waals surface area contributed by atoms with Crippen molar-refractivity contribution in [2.75, 3.05) is 17.3 Å². The van der Waals surface area contributed by atoms with Gasteiger partial charge in [0.2, 0.25) is 0 Å². The zero-order valence-electron chi connectivity index (χ0n) is 9.45. The van der Waals surface area contributed by atoms with Crippen LogP contribution in [-0.2, 0) is 0 Å². The standard InChI is InChI=1S/C11H10BrClN4S/c1-18-11-16-9(14)5-10(17-11)15-8-3-2-6(13)4-7(8)12/h2-5H,1H3,(H3,14,15,16,17). The number of hydrogen-bond donors (Lipinski definition) is 2. The van der Waals surface area contributed by atoms with Crippen molar-refractivity contribution in [3.8, 4) is 0 Å². The first-order valence-electron chi connectivity index (χ1n) is 4.99. The Bertz CT molecular complexity index is 579. The number of halogens is 2. The summed E-state index contributed by atoms with van der Waals surface area (Å²) in [5.74, 6) is 1.08. The van der Waals surface area contributed by atoms with Crippen LogP contribution in [0.2, 0.25) is 5.02 Å². The van der Waals surface area contributed by atoms with E-state index in [1.165, 1.54) is 11.8 Å². The van der Waals surface area contributed by atoms with Crippen LogP contribution < -0.4 is 11.1 Å². The second-order valence-electron chi connectivity index (χ2n) is 3.41. The minimum Gasteiger partial charge on any atom is -0.383 e. The Balaban J connectivity index is 2.30. The monoisotopic (exact) mass is 344 g/mol. The summed E-state index contributed by atoms with van der Waals surface area (Å²) in [4.78, 5) is 8.41. The van der Waals surface area contributed by atoms with Crippen LogP contribution in [0.5, 0.6) is 0 Å². The van der Waals surface area contributed by atoms with Crippen molar-refractivity contribution in [3.05, 3.63) is 33.8 Å². The Morgan fingerprint density at radius 2 is 2.11 bits per heavy atom. The number of nitrogens with one attached hydrogen (secondary N) is 1. The lowest BCUT2D eigenvalue weighted by molar-refractivity contribution is 0.984. The number of thioether (sulfide) groups is 1. The largest absolute Gasteiger partial charge is 0.383 e. The highest BCUT2D eigenvalue weighted by Crippen LogP contribution is 2.28. The second-order valence-corrected chi connectivity index (χ2v) is 5.48. The molecule has 0 saturated carbocycles. The van der Waals surface area contributed by atoms with Gasteiger partial charge in [0.25, 0.3) is 0 Å². The van der Waals surface area contributed by atoms with E-state index >= 15 is 0 Å². The molecular weight excluding hydrogens is 336 g/mol. The third kappa shape index (κ3) is 3.28. The maximum Gasteiger partial charge on any atom is 0.191 e. The smallest absolute Gasteiger partial charge is 0.191 e. The Morgan fingerprint density at radius 1 is 1.33 bits per heavy atom. The average Bonchev–Trinajstić information content (AvgIpc) is 2.32. The molecule has 0 radical (unpaired) electrons. The van der Waals surface area contributed by atoms with Gasteiger partial charge in [-0.05, 0) is 40.4 Å². The second kappa shape index (κ2) is 5.77. The first-order valence-corrected chi connectivity index (χ1v) is 7.38. The van der Waals surface area contributed by atoms with Gasteiger partial charge in [-0.1, -0.05) is 23.4 Å². The lowest BCUT2D eigenvalue weighted by atomic mass is 10.3. The first-order chi connectivity index (χ1) is 8.58. The fourth-order valence-corrected chi connectivity index (χ4v) is 2.50. The van der Waals surface area contributed by atoms with Gasteiger partial charge in [0.05, 0.1) is 5.69 Å². The topological polar surface area (TPSA) is 63.8 Å². The van der Waals surface area contributed by atoms with E-state index < -0.39 is 0 Å². The van der Waals surface area contributed by atoms with E-state index in [9.17, 15) is 0 Å². The molecule has 0 unspecified atom stereocenters. The highest BCUT2D eigenvalue weighted by Gasteiger charge is 2.05. The zero-order chi connectivity index (χ0) is 13.1. The number of rotatable bonds is 3. The van der Waals surface area contributed by atoms with Crippen LogP contribution in [0.3, 0.4) is 0 Å². The molecule has 2 rings (SSSR count). The van der Waals surface area contributed by atoms with Crippen molar-refractivity contribution < 1.29 is 0 Å². The Hall–Kier alpha value is -0.980. The molecule has 0 fully saturated rings. The summed E-state index contributed by atoms with van der Waals surface area (Å²) < 4.78 is 0.859. The van der Waals surface area contributed by atoms with Crippen molar-refractivity contribution in [1.82, 2.24) is 9.97 Å². The van der Waals surface area contributed by atoms with Gasteiger partial charge in [-0.15, -0.1) is 0 Å². The Morgan fingerprint density at radius 3 is 2.78 bits per heavy atom. The van der Waals surface area contributed by atoms with Gasteiger partial charge in [0, 0.05) is 15.6 Å². The van der Waals surface area contributed by atoms with Gasteiger partial charge in [-0.3, -0.25) is 0 Å². The van der Waals surface area contributed by atoms with Gasteiger partial charge < -0.3 is 11.1 Å². The lowest BCUT2D eigenvalue weighted by Gasteiger charge is -2.09. The quantitative estimate of drug-likeness (QED) is 0.651. The maximum atomic E-state index is 5.89. The predicted octanol–water partition coefficient (Wildman–Crippen LogP) is 3.94. The van der Waals surface area contributed by atoms with Gasteiger partial charge in [-0.2, -0.15) is 0 Å². The number of hydrogen-bond acceptors (Lipinski definition) is 5. The van der Waals surface area contributed by atoms with Crippen LogP contribution in [0.1, 0.15) is 0 Å². The molecule has 0 amide bonds. The lowest BCUT2D eigenvalue weighted by Crippen LogP contribution is -2.00. The van der Waals surface area contributed by atoms with E-state index in [1.54, 1.807) is 12.1 Å². The summed E-state index contributed by atoms with van der Waals surface area (Å²) in [6, 6.07) is 7.16. The van der Waals surface area contributed by atoms with Crippen LogP contribution in [0, 0.1) is 0 Å². The first kappa shape index (κ1) is 13.5. The predicted molar refractivity (Wildman–Crippen MR) is 80.7 cm³/mol. The van der Waals surface area contributed by atoms with Crippen LogP contribution >= 0.6 is 39.3 Å². The normalized spacial score (nSPS) is 10.4. The number of anilines is 3. The molecule has 0 spiro atoms. The summed E-state index contributed by atoms with van der Waals surface area (Å²) in [7, 11) is 0. The van der Waals surface area contributed by atoms with Crippen molar-refractivity contribution in [2.24, 2.45) is 0 Å². The van der Waals surface area contributed by atoms with Crippen molar-refractivity contribution in [2.45, 2.75) is 5.16 Å². The minimum atomic E-state index is 0.432. The molecule has 4 nitrogen and oxygen atoms in total. The summed E-state index contributed by atoms with van der Waals surface area (Å²) in [6.45, 7) is 0. The zero-order valence-corrected chi connectivity index (χ0v) is 12.6. The molecule has 1 aromatic carbocycles. The molecule has 94 valence electrons. The molecule has 0 aliphatic heterocycles. The van der Waals surface area contributed by atoms with Gasteiger partial charge in [0.1, 0.15) is 11.6 Å². The molecule has 2 aromatic rings. The Kier molecular flexibility index (Phi) is 4.31. The summed E-state index contributed by atoms with van der Waals surface area (Å²) in [5.41, 5.74) is 6.58. The van der Waals surface area contributed by atoms with E-state index in [-0.39, 0.29) is 0 Å². The Labute approximate surface area is 122 Å². The van der Waals surface area contributed by atoms with Crippen LogP contribution in [0.25, 0.3) is 0 Å². The molecule has 7 heteroatoms. The molecule has 3 N–H and O–H groups in total. The molecule has 18 heavy (non-hydrogen) atoms. The average molecular weight is 346 g/mol. The van der Waals surface area contributed by atoms with E-state index in [0.29, 0.717) is 21.8 Å². The van der Waals surface area contributed by atoms with Crippen molar-refractivity contribution in [3.63, 3.8) is 0 Å². The van der Waals surface area contributed by atoms with Crippen molar-refractivity contribution >= 4 is 56.6 Å². The highest BCUT2D eigenvalue weighted by molar-refractivity contribution is 9.10. The third-order valence-corrected chi connectivity index (χ3v) is 3.54. The maximum absolute atomic E-state index is 5.89. The van der Waals surface area contributed by atoms with Gasteiger partial charge >= 0.3 is 0 Å². The molecular formula is C11H10BrClN4S. The molecule has 0 saturated heterocycles. The van der Waals surface area contributed by atoms with E-state index in [1.807, 2.05) is 18.4 Å². The number of nitrogen functional groups attached to an aromatic ring is 1. The third-order valence-electron chi connectivity index (χ3n) is 2.10. The highest BCUT2D eigenvalue weighted by atomic mass is 79.9.